The molecule has 3 aromatic heterocycles. The van der Waals surface area contributed by atoms with Crippen molar-refractivity contribution in [2.24, 2.45) is 0 Å². The summed E-state index contributed by atoms with van der Waals surface area (Å²) in [6.45, 7) is 0. The van der Waals surface area contributed by atoms with Crippen LogP contribution in [0.1, 0.15) is 0 Å². The van der Waals surface area contributed by atoms with Crippen molar-refractivity contribution in [1.82, 2.24) is 9.97 Å². The molecule has 0 atom stereocenters. The van der Waals surface area contributed by atoms with Gasteiger partial charge in [0.2, 0.25) is 0 Å². The van der Waals surface area contributed by atoms with Gasteiger partial charge in [0, 0.05) is 38.2 Å². The van der Waals surface area contributed by atoms with Gasteiger partial charge in [-0.05, 0) is 99.8 Å². The van der Waals surface area contributed by atoms with Gasteiger partial charge in [-0.25, -0.2) is 9.97 Å². The molecule has 4 heteroatoms. The summed E-state index contributed by atoms with van der Waals surface area (Å²) in [5, 5.41) is 6.73. The summed E-state index contributed by atoms with van der Waals surface area (Å²) in [6, 6.07) is 63.4. The first-order valence-corrected chi connectivity index (χ1v) is 18.1. The molecule has 0 saturated carbocycles. The number of para-hydroxylation sites is 2. The predicted octanol–water partition coefficient (Wildman–Crippen LogP) is 13.8. The van der Waals surface area contributed by atoms with E-state index in [0.717, 1.165) is 94.2 Å². The monoisotopic (exact) mass is 690 g/mol. The highest BCUT2D eigenvalue weighted by molar-refractivity contribution is 6.07. The normalized spacial score (nSPS) is 11.7. The molecular formula is C50H30N2O2. The summed E-state index contributed by atoms with van der Waals surface area (Å²) in [5.74, 6) is 0.652. The number of aromatic nitrogens is 2. The Kier molecular flexibility index (Phi) is 6.82. The highest BCUT2D eigenvalue weighted by atomic mass is 16.3. The lowest BCUT2D eigenvalue weighted by atomic mass is 9.92. The number of hydrogen-bond acceptors (Lipinski definition) is 4. The van der Waals surface area contributed by atoms with Crippen LogP contribution in [0.25, 0.3) is 111 Å². The van der Waals surface area contributed by atoms with Crippen molar-refractivity contribution in [1.29, 1.82) is 0 Å². The van der Waals surface area contributed by atoms with Gasteiger partial charge in [0.1, 0.15) is 22.3 Å². The van der Waals surface area contributed by atoms with Gasteiger partial charge in [0.15, 0.2) is 5.82 Å². The lowest BCUT2D eigenvalue weighted by molar-refractivity contribution is 0.668. The Balaban J connectivity index is 1.15. The van der Waals surface area contributed by atoms with E-state index in [1.807, 2.05) is 54.6 Å². The molecule has 0 aliphatic carbocycles. The van der Waals surface area contributed by atoms with Crippen LogP contribution in [0.15, 0.2) is 191 Å². The smallest absolute Gasteiger partial charge is 0.160 e. The van der Waals surface area contributed by atoms with Gasteiger partial charge in [-0.1, -0.05) is 115 Å². The minimum atomic E-state index is 0.652. The number of benzene rings is 8. The fraction of sp³-hybridized carbons (Fsp3) is 0. The van der Waals surface area contributed by atoms with E-state index in [4.69, 9.17) is 18.8 Å². The first kappa shape index (κ1) is 30.3. The number of fused-ring (bicyclic) bond motifs is 7. The number of rotatable bonds is 5. The zero-order valence-electron chi connectivity index (χ0n) is 29.0. The Morgan fingerprint density at radius 1 is 0.296 bits per heavy atom. The third kappa shape index (κ3) is 5.07. The minimum absolute atomic E-state index is 0.652. The topological polar surface area (TPSA) is 52.1 Å². The molecule has 0 radical (unpaired) electrons. The summed E-state index contributed by atoms with van der Waals surface area (Å²) >= 11 is 0. The van der Waals surface area contributed by atoms with Crippen LogP contribution in [0, 0.1) is 0 Å². The van der Waals surface area contributed by atoms with E-state index in [9.17, 15) is 0 Å². The maximum atomic E-state index is 6.36. The molecule has 0 fully saturated rings. The molecule has 3 heterocycles. The second-order valence-corrected chi connectivity index (χ2v) is 13.8. The molecule has 54 heavy (non-hydrogen) atoms. The average molecular weight is 691 g/mol. The van der Waals surface area contributed by atoms with Crippen molar-refractivity contribution in [2.45, 2.75) is 0 Å². The number of nitrogens with zero attached hydrogens (tertiary/aromatic N) is 2. The van der Waals surface area contributed by atoms with Gasteiger partial charge in [-0.3, -0.25) is 0 Å². The molecule has 11 rings (SSSR count). The summed E-state index contributed by atoms with van der Waals surface area (Å²) in [4.78, 5) is 10.5. The van der Waals surface area contributed by atoms with E-state index in [2.05, 4.69) is 127 Å². The van der Waals surface area contributed by atoms with Gasteiger partial charge in [-0.15, -0.1) is 0 Å². The molecule has 4 nitrogen and oxygen atoms in total. The highest BCUT2D eigenvalue weighted by Crippen LogP contribution is 2.39. The number of hydrogen-bond donors (Lipinski definition) is 0. The van der Waals surface area contributed by atoms with E-state index in [1.165, 1.54) is 10.8 Å². The maximum absolute atomic E-state index is 6.36. The standard InChI is InChI=1S/C50H30N2O2/c1-2-12-32(13-3-1)44-30-45(52-50(51-44)34-22-24-48-43(28-34)41-17-7-9-20-47(41)53-48)37-26-35(25-36(27-37)39-18-10-14-31-11-4-5-15-38(31)39)33-21-23-42-40-16-6-8-19-46(40)54-49(42)29-33/h1-30H. The molecule has 0 N–H and O–H groups in total. The van der Waals surface area contributed by atoms with Crippen molar-refractivity contribution >= 4 is 54.6 Å². The molecule has 252 valence electrons. The summed E-state index contributed by atoms with van der Waals surface area (Å²) in [7, 11) is 0. The molecule has 0 unspecified atom stereocenters. The van der Waals surface area contributed by atoms with E-state index in [1.54, 1.807) is 0 Å². The van der Waals surface area contributed by atoms with Crippen LogP contribution in [-0.2, 0) is 0 Å². The van der Waals surface area contributed by atoms with Crippen LogP contribution in [0.4, 0.5) is 0 Å². The molecule has 0 bridgehead atoms. The largest absolute Gasteiger partial charge is 0.456 e. The summed E-state index contributed by atoms with van der Waals surface area (Å²) in [5.41, 5.74) is 12.5. The first-order chi connectivity index (χ1) is 26.7. The fourth-order valence-electron chi connectivity index (χ4n) is 7.83. The summed E-state index contributed by atoms with van der Waals surface area (Å²) in [6.07, 6.45) is 0. The Morgan fingerprint density at radius 2 is 0.889 bits per heavy atom. The Morgan fingerprint density at radius 3 is 1.72 bits per heavy atom. The lowest BCUT2D eigenvalue weighted by Gasteiger charge is -2.14. The molecule has 8 aromatic carbocycles. The minimum Gasteiger partial charge on any atom is -0.456 e. The van der Waals surface area contributed by atoms with E-state index >= 15 is 0 Å². The Bertz CT molecular complexity index is 3220. The second kappa shape index (κ2) is 12.1. The van der Waals surface area contributed by atoms with Gasteiger partial charge >= 0.3 is 0 Å². The van der Waals surface area contributed by atoms with Crippen LogP contribution in [0.3, 0.4) is 0 Å². The summed E-state index contributed by atoms with van der Waals surface area (Å²) < 4.78 is 12.5. The zero-order valence-corrected chi connectivity index (χ0v) is 29.0. The molecule has 0 saturated heterocycles. The van der Waals surface area contributed by atoms with Gasteiger partial charge in [0.05, 0.1) is 11.4 Å². The van der Waals surface area contributed by atoms with Crippen LogP contribution < -0.4 is 0 Å². The maximum Gasteiger partial charge on any atom is 0.160 e. The molecule has 0 aliphatic heterocycles. The first-order valence-electron chi connectivity index (χ1n) is 18.1. The van der Waals surface area contributed by atoms with Crippen LogP contribution in [0.5, 0.6) is 0 Å². The third-order valence-electron chi connectivity index (χ3n) is 10.5. The molecule has 0 amide bonds. The Labute approximate surface area is 310 Å². The van der Waals surface area contributed by atoms with E-state index < -0.39 is 0 Å². The van der Waals surface area contributed by atoms with Crippen LogP contribution in [0.2, 0.25) is 0 Å². The van der Waals surface area contributed by atoms with Gasteiger partial charge in [-0.2, -0.15) is 0 Å². The van der Waals surface area contributed by atoms with E-state index in [0.29, 0.717) is 5.82 Å². The quantitative estimate of drug-likeness (QED) is 0.180. The van der Waals surface area contributed by atoms with Crippen molar-refractivity contribution < 1.29 is 8.83 Å². The average Bonchev–Trinajstić information content (AvgIpc) is 3.81. The zero-order chi connectivity index (χ0) is 35.6. The molecule has 0 spiro atoms. The predicted molar refractivity (Wildman–Crippen MR) is 221 cm³/mol. The Hall–Kier alpha value is -7.30. The van der Waals surface area contributed by atoms with Gasteiger partial charge in [0.25, 0.3) is 0 Å². The lowest BCUT2D eigenvalue weighted by Crippen LogP contribution is -1.96. The van der Waals surface area contributed by atoms with Crippen molar-refractivity contribution in [2.75, 3.05) is 0 Å². The van der Waals surface area contributed by atoms with Crippen molar-refractivity contribution in [3.63, 3.8) is 0 Å². The molecule has 11 aromatic rings. The molecule has 0 aliphatic rings. The van der Waals surface area contributed by atoms with Crippen LogP contribution >= 0.6 is 0 Å². The molecular weight excluding hydrogens is 661 g/mol. The highest BCUT2D eigenvalue weighted by Gasteiger charge is 2.17. The fourth-order valence-corrected chi connectivity index (χ4v) is 7.83. The van der Waals surface area contributed by atoms with Gasteiger partial charge < -0.3 is 8.83 Å². The van der Waals surface area contributed by atoms with Crippen LogP contribution in [-0.4, -0.2) is 9.97 Å². The number of furan rings is 2. The van der Waals surface area contributed by atoms with Crippen molar-refractivity contribution in [3.8, 4) is 56.2 Å². The van der Waals surface area contributed by atoms with E-state index in [-0.39, 0.29) is 0 Å². The second-order valence-electron chi connectivity index (χ2n) is 13.8. The SMILES string of the molecule is c1ccc(-c2cc(-c3cc(-c4ccc5c(c4)oc4ccccc45)cc(-c4cccc5ccccc45)c3)nc(-c3ccc4oc5ccccc5c4c3)n2)cc1. The van der Waals surface area contributed by atoms with Crippen molar-refractivity contribution in [3.05, 3.63) is 182 Å². The third-order valence-corrected chi connectivity index (χ3v) is 10.5.